The minimum absolute atomic E-state index is 0. The normalized spacial score (nSPS) is 8.59. The number of aliphatic carboxylic acids is 2. The average molecular weight is 292 g/mol. The molecule has 0 fully saturated rings. The zero-order chi connectivity index (χ0) is 11.8. The second-order valence-electron chi connectivity index (χ2n) is 1.76. The van der Waals surface area contributed by atoms with E-state index < -0.39 is 27.8 Å². The maximum atomic E-state index is 9.49. The molecule has 0 spiro atoms. The fraction of sp³-hybridized carbons (Fsp3) is 0.167. The van der Waals surface area contributed by atoms with E-state index in [0.717, 1.165) is 0 Å². The molecule has 0 aliphatic carbocycles. The monoisotopic (exact) mass is 292 g/mol. The van der Waals surface area contributed by atoms with Crippen LogP contribution in [0.2, 0.25) is 0 Å². The fourth-order valence-electron chi connectivity index (χ4n) is 0.136. The molecule has 7 nitrogen and oxygen atoms in total. The first-order valence-electron chi connectivity index (χ1n) is 3.03. The first-order chi connectivity index (χ1) is 6.19. The van der Waals surface area contributed by atoms with Gasteiger partial charge in [-0.2, -0.15) is 0 Å². The Morgan fingerprint density at radius 2 is 1.24 bits per heavy atom. The molecule has 0 atom stereocenters. The van der Waals surface area contributed by atoms with Crippen molar-refractivity contribution in [1.82, 2.24) is 0 Å². The van der Waals surface area contributed by atoms with Crippen molar-refractivity contribution in [3.8, 4) is 0 Å². The minimum atomic E-state index is -3.77. The smallest absolute Gasteiger partial charge is 0.545 e. The van der Waals surface area contributed by atoms with Crippen molar-refractivity contribution in [2.75, 3.05) is 5.75 Å². The Balaban J connectivity index is -0.0000000493. The minimum Gasteiger partial charge on any atom is -0.545 e. The fourth-order valence-corrected chi connectivity index (χ4v) is 0.136. The maximum Gasteiger partial charge on any atom is 1.00 e. The van der Waals surface area contributed by atoms with Crippen molar-refractivity contribution in [1.29, 1.82) is 0 Å². The molecule has 0 amide bonds. The molecule has 0 unspecified atom stereocenters. The van der Waals surface area contributed by atoms with Crippen molar-refractivity contribution >= 4 is 22.1 Å². The Bertz CT molecular complexity index is 309. The van der Waals surface area contributed by atoms with Crippen LogP contribution in [0.25, 0.3) is 0 Å². The Kier molecular flexibility index (Phi) is 32.2. The summed E-state index contributed by atoms with van der Waals surface area (Å²) in [6.07, 6.45) is 0.769. The number of rotatable bonds is 3. The van der Waals surface area contributed by atoms with Crippen molar-refractivity contribution in [3.63, 3.8) is 0 Å². The summed E-state index contributed by atoms with van der Waals surface area (Å²) in [5.41, 5.74) is 0. The molecule has 0 aliphatic rings. The van der Waals surface area contributed by atoms with E-state index in [9.17, 15) is 28.2 Å². The first-order valence-corrected chi connectivity index (χ1v) is 4.64. The number of carboxylic acids is 2. The quantitative estimate of drug-likeness (QED) is 0.236. The van der Waals surface area contributed by atoms with E-state index in [-0.39, 0.29) is 88.7 Å². The van der Waals surface area contributed by atoms with Crippen molar-refractivity contribution < 1.29 is 121 Å². The van der Waals surface area contributed by atoms with Crippen molar-refractivity contribution in [2.24, 2.45) is 0 Å². The van der Waals surface area contributed by atoms with Crippen LogP contribution in [0.1, 0.15) is 0 Å². The summed E-state index contributed by atoms with van der Waals surface area (Å²) in [5.74, 6) is -3.55. The third kappa shape index (κ3) is 46.5. The van der Waals surface area contributed by atoms with Gasteiger partial charge in [-0.05, 0) is 12.2 Å². The van der Waals surface area contributed by atoms with Crippen LogP contribution in [0.3, 0.4) is 0 Å². The molecular weight excluding hydrogens is 285 g/mol. The van der Waals surface area contributed by atoms with Crippen LogP contribution in [-0.4, -0.2) is 30.7 Å². The molecule has 82 valence electrons. The van der Waals surface area contributed by atoms with E-state index in [1.165, 1.54) is 0 Å². The van der Waals surface area contributed by atoms with Gasteiger partial charge in [-0.3, -0.25) is 4.55 Å². The molecule has 0 aliphatic heterocycles. The third-order valence-corrected chi connectivity index (χ3v) is 1.13. The standard InChI is InChI=1S/C4H4O4.C2H5O3S.3Na/c5-3(6)1-2-4(7)8;1-2-6(3,4)5;;;/h1-2H,(H,5,6)(H,7,8);1-2H2,(H,3,4,5);;;/q;-1;3*+1/p-2/b2-1-;;;;. The van der Waals surface area contributed by atoms with Gasteiger partial charge in [-0.15, -0.1) is 0 Å². The van der Waals surface area contributed by atoms with Crippen LogP contribution in [0.4, 0.5) is 0 Å². The Morgan fingerprint density at radius 3 is 1.29 bits per heavy atom. The molecule has 0 saturated carbocycles. The summed E-state index contributed by atoms with van der Waals surface area (Å²) in [6.45, 7) is 2.92. The molecule has 0 bridgehead atoms. The largest absolute Gasteiger partial charge is 1.00 e. The van der Waals surface area contributed by atoms with Gasteiger partial charge in [0.1, 0.15) is 0 Å². The summed E-state index contributed by atoms with van der Waals surface area (Å²) < 4.78 is 26.7. The second-order valence-corrected chi connectivity index (χ2v) is 3.33. The van der Waals surface area contributed by atoms with Gasteiger partial charge in [0.25, 0.3) is 0 Å². The number of carbonyl (C=O) groups excluding carboxylic acids is 2. The molecule has 0 heterocycles. The number of hydrogen-bond acceptors (Lipinski definition) is 6. The number of carboxylic acid groups (broad SMARTS) is 2. The molecule has 0 aromatic rings. The van der Waals surface area contributed by atoms with Gasteiger partial charge in [0, 0.05) is 0 Å². The molecule has 0 rings (SSSR count). The van der Waals surface area contributed by atoms with Crippen LogP contribution in [0.5, 0.6) is 0 Å². The van der Waals surface area contributed by atoms with Gasteiger partial charge in [0.15, 0.2) is 0 Å². The average Bonchev–Trinajstić information content (AvgIpc) is 2.01. The molecule has 0 radical (unpaired) electrons. The molecule has 17 heavy (non-hydrogen) atoms. The van der Waals surface area contributed by atoms with Crippen molar-refractivity contribution in [3.05, 3.63) is 19.1 Å². The van der Waals surface area contributed by atoms with Crippen LogP contribution < -0.4 is 98.9 Å². The Hall–Kier alpha value is 1.59. The van der Waals surface area contributed by atoms with Crippen LogP contribution in [0.15, 0.2) is 12.2 Å². The topological polar surface area (TPSA) is 135 Å². The Morgan fingerprint density at radius 1 is 1.06 bits per heavy atom. The first kappa shape index (κ1) is 31.1. The van der Waals surface area contributed by atoms with E-state index in [2.05, 4.69) is 6.92 Å². The Labute approximate surface area is 166 Å². The van der Waals surface area contributed by atoms with Crippen LogP contribution >= 0.6 is 0 Å². The van der Waals surface area contributed by atoms with E-state index in [1.807, 2.05) is 0 Å². The molecule has 0 aromatic heterocycles. The van der Waals surface area contributed by atoms with Crippen molar-refractivity contribution in [2.45, 2.75) is 0 Å². The summed E-state index contributed by atoms with van der Waals surface area (Å²) in [7, 11) is -3.77. The van der Waals surface area contributed by atoms with E-state index in [0.29, 0.717) is 12.2 Å². The molecular formula is C6H7Na3O7S. The van der Waals surface area contributed by atoms with Gasteiger partial charge in [0.05, 0.1) is 11.9 Å². The van der Waals surface area contributed by atoms with Gasteiger partial charge in [-0.1, -0.05) is 5.75 Å². The third-order valence-electron chi connectivity index (χ3n) is 0.613. The molecule has 1 N–H and O–H groups in total. The summed E-state index contributed by atoms with van der Waals surface area (Å²) in [6, 6.07) is 0. The number of hydrogen-bond donors (Lipinski definition) is 1. The SMILES string of the molecule is O=C([O-])/C=C\C(=O)[O-].[CH2-]CS(=O)(=O)O.[Na+].[Na+].[Na+]. The summed E-state index contributed by atoms with van der Waals surface area (Å²) in [5, 5.41) is 18.8. The zero-order valence-electron chi connectivity index (χ0n) is 9.87. The van der Waals surface area contributed by atoms with Crippen LogP contribution in [0, 0.1) is 6.92 Å². The van der Waals surface area contributed by atoms with Crippen LogP contribution in [-0.2, 0) is 19.7 Å². The van der Waals surface area contributed by atoms with E-state index >= 15 is 0 Å². The summed E-state index contributed by atoms with van der Waals surface area (Å²) >= 11 is 0. The van der Waals surface area contributed by atoms with E-state index in [4.69, 9.17) is 4.55 Å². The van der Waals surface area contributed by atoms with Gasteiger partial charge >= 0.3 is 88.7 Å². The molecule has 11 heteroatoms. The van der Waals surface area contributed by atoms with E-state index in [1.54, 1.807) is 0 Å². The van der Waals surface area contributed by atoms with Gasteiger partial charge in [0.2, 0.25) is 10.1 Å². The zero-order valence-corrected chi connectivity index (χ0v) is 16.7. The second kappa shape index (κ2) is 17.6. The number of carbonyl (C=O) groups is 2. The molecule has 0 saturated heterocycles. The predicted molar refractivity (Wildman–Crippen MR) is 40.9 cm³/mol. The molecule has 0 aromatic carbocycles. The predicted octanol–water partition coefficient (Wildman–Crippen LogP) is -12.2. The summed E-state index contributed by atoms with van der Waals surface area (Å²) in [4.78, 5) is 18.8. The van der Waals surface area contributed by atoms with Gasteiger partial charge in [-0.25, -0.2) is 8.42 Å². The van der Waals surface area contributed by atoms with Gasteiger partial charge < -0.3 is 26.7 Å². The maximum absolute atomic E-state index is 9.49.